The van der Waals surface area contributed by atoms with Crippen LogP contribution in [0.5, 0.6) is 0 Å². The SMILES string of the molecule is Cc1ccc(/C(O)=C2/C(=O)C(=O)N(C3CCCCC3)C2c2ccccc2)cc1C. The summed E-state index contributed by atoms with van der Waals surface area (Å²) in [6.07, 6.45) is 5.10. The second-order valence-electron chi connectivity index (χ2n) is 8.21. The molecule has 0 spiro atoms. The van der Waals surface area contributed by atoms with Crippen LogP contribution in [0.25, 0.3) is 5.76 Å². The molecule has 1 N–H and O–H groups in total. The number of benzene rings is 2. The van der Waals surface area contributed by atoms with E-state index in [0.717, 1.165) is 42.4 Å². The van der Waals surface area contributed by atoms with E-state index in [0.29, 0.717) is 5.56 Å². The van der Waals surface area contributed by atoms with E-state index in [9.17, 15) is 14.7 Å². The lowest BCUT2D eigenvalue weighted by Crippen LogP contribution is -2.40. The second kappa shape index (κ2) is 7.86. The summed E-state index contributed by atoms with van der Waals surface area (Å²) in [5.41, 5.74) is 3.80. The summed E-state index contributed by atoms with van der Waals surface area (Å²) in [5.74, 6) is -1.16. The molecule has 4 heteroatoms. The van der Waals surface area contributed by atoms with Crippen LogP contribution in [0, 0.1) is 13.8 Å². The number of hydrogen-bond donors (Lipinski definition) is 1. The molecule has 0 bridgehead atoms. The molecule has 2 aromatic carbocycles. The van der Waals surface area contributed by atoms with Crippen LogP contribution in [0.3, 0.4) is 0 Å². The lowest BCUT2D eigenvalue weighted by molar-refractivity contribution is -0.141. The monoisotopic (exact) mass is 389 g/mol. The molecule has 1 aliphatic carbocycles. The Balaban J connectivity index is 1.87. The van der Waals surface area contributed by atoms with Gasteiger partial charge in [-0.3, -0.25) is 9.59 Å². The first-order valence-corrected chi connectivity index (χ1v) is 10.4. The largest absolute Gasteiger partial charge is 0.507 e. The second-order valence-corrected chi connectivity index (χ2v) is 8.21. The number of aliphatic hydroxyl groups is 1. The van der Waals surface area contributed by atoms with Gasteiger partial charge in [0, 0.05) is 11.6 Å². The zero-order valence-corrected chi connectivity index (χ0v) is 17.0. The lowest BCUT2D eigenvalue weighted by Gasteiger charge is -2.35. The van der Waals surface area contributed by atoms with E-state index in [2.05, 4.69) is 0 Å². The van der Waals surface area contributed by atoms with Gasteiger partial charge < -0.3 is 10.0 Å². The van der Waals surface area contributed by atoms with Gasteiger partial charge in [0.25, 0.3) is 11.7 Å². The minimum absolute atomic E-state index is 0.0375. The summed E-state index contributed by atoms with van der Waals surface area (Å²) in [4.78, 5) is 27.9. The average Bonchev–Trinajstić information content (AvgIpc) is 3.01. The fraction of sp³-hybridized carbons (Fsp3) is 0.360. The summed E-state index contributed by atoms with van der Waals surface area (Å²) < 4.78 is 0. The first kappa shape index (κ1) is 19.4. The van der Waals surface area contributed by atoms with Gasteiger partial charge in [0.05, 0.1) is 11.6 Å². The Hall–Kier alpha value is -2.88. The van der Waals surface area contributed by atoms with E-state index >= 15 is 0 Å². The minimum atomic E-state index is -0.583. The molecule has 1 heterocycles. The molecule has 0 radical (unpaired) electrons. The predicted molar refractivity (Wildman–Crippen MR) is 113 cm³/mol. The van der Waals surface area contributed by atoms with Crippen molar-refractivity contribution < 1.29 is 14.7 Å². The summed E-state index contributed by atoms with van der Waals surface area (Å²) in [6.45, 7) is 3.98. The van der Waals surface area contributed by atoms with E-state index < -0.39 is 17.7 Å². The maximum absolute atomic E-state index is 13.1. The molecule has 1 aliphatic heterocycles. The van der Waals surface area contributed by atoms with Gasteiger partial charge in [0.2, 0.25) is 0 Å². The van der Waals surface area contributed by atoms with Gasteiger partial charge in [-0.25, -0.2) is 0 Å². The normalized spacial score (nSPS) is 22.3. The fourth-order valence-corrected chi connectivity index (χ4v) is 4.59. The summed E-state index contributed by atoms with van der Waals surface area (Å²) in [7, 11) is 0. The van der Waals surface area contributed by atoms with E-state index in [1.165, 1.54) is 6.42 Å². The maximum atomic E-state index is 13.1. The molecular weight excluding hydrogens is 362 g/mol. The molecule has 1 amide bonds. The zero-order valence-electron chi connectivity index (χ0n) is 17.0. The van der Waals surface area contributed by atoms with Gasteiger partial charge in [0.15, 0.2) is 0 Å². The predicted octanol–water partition coefficient (Wildman–Crippen LogP) is 5.06. The summed E-state index contributed by atoms with van der Waals surface area (Å²) in [5, 5.41) is 11.2. The number of carbonyl (C=O) groups is 2. The topological polar surface area (TPSA) is 57.6 Å². The number of ketones is 1. The molecule has 1 saturated heterocycles. The number of aryl methyl sites for hydroxylation is 2. The molecule has 0 aromatic heterocycles. The number of hydrogen-bond acceptors (Lipinski definition) is 3. The molecule has 29 heavy (non-hydrogen) atoms. The number of aliphatic hydroxyl groups excluding tert-OH is 1. The van der Waals surface area contributed by atoms with Crippen LogP contribution in [0.1, 0.15) is 60.4 Å². The third kappa shape index (κ3) is 3.48. The Kier molecular flexibility index (Phi) is 5.27. The standard InChI is InChI=1S/C25H27NO3/c1-16-13-14-19(15-17(16)2)23(27)21-22(18-9-5-3-6-10-18)26(25(29)24(21)28)20-11-7-4-8-12-20/h3,5-6,9-10,13-15,20,22,27H,4,7-8,11-12H2,1-2H3/b23-21-. The highest BCUT2D eigenvalue weighted by Gasteiger charge is 2.48. The van der Waals surface area contributed by atoms with Crippen LogP contribution < -0.4 is 0 Å². The van der Waals surface area contributed by atoms with Crippen molar-refractivity contribution in [1.82, 2.24) is 4.90 Å². The van der Waals surface area contributed by atoms with Crippen molar-refractivity contribution in [3.8, 4) is 0 Å². The van der Waals surface area contributed by atoms with E-state index in [1.54, 1.807) is 4.90 Å². The zero-order chi connectivity index (χ0) is 20.5. The Labute approximate surface area is 171 Å². The average molecular weight is 389 g/mol. The third-order valence-electron chi connectivity index (χ3n) is 6.34. The lowest BCUT2D eigenvalue weighted by atomic mass is 9.90. The molecule has 4 rings (SSSR count). The van der Waals surface area contributed by atoms with Crippen molar-refractivity contribution in [1.29, 1.82) is 0 Å². The van der Waals surface area contributed by atoms with Gasteiger partial charge in [0.1, 0.15) is 5.76 Å². The van der Waals surface area contributed by atoms with Gasteiger partial charge in [-0.05, 0) is 49.4 Å². The Bertz CT molecular complexity index is 971. The third-order valence-corrected chi connectivity index (χ3v) is 6.34. The maximum Gasteiger partial charge on any atom is 0.295 e. The molecule has 2 fully saturated rings. The highest BCUT2D eigenvalue weighted by Crippen LogP contribution is 2.43. The van der Waals surface area contributed by atoms with Crippen molar-refractivity contribution >= 4 is 17.4 Å². The van der Waals surface area contributed by atoms with Crippen LogP contribution in [-0.2, 0) is 9.59 Å². The smallest absolute Gasteiger partial charge is 0.295 e. The van der Waals surface area contributed by atoms with Crippen molar-refractivity contribution in [2.45, 2.75) is 58.0 Å². The van der Waals surface area contributed by atoms with E-state index in [-0.39, 0.29) is 17.4 Å². The van der Waals surface area contributed by atoms with Gasteiger partial charge >= 0.3 is 0 Å². The number of amides is 1. The van der Waals surface area contributed by atoms with E-state index in [4.69, 9.17) is 0 Å². The Morgan fingerprint density at radius 1 is 0.931 bits per heavy atom. The number of rotatable bonds is 3. The minimum Gasteiger partial charge on any atom is -0.507 e. The number of carbonyl (C=O) groups excluding carboxylic acids is 2. The van der Waals surface area contributed by atoms with Crippen LogP contribution in [0.4, 0.5) is 0 Å². The van der Waals surface area contributed by atoms with Crippen molar-refractivity contribution in [2.75, 3.05) is 0 Å². The fourth-order valence-electron chi connectivity index (χ4n) is 4.59. The summed E-state index contributed by atoms with van der Waals surface area (Å²) in [6, 6.07) is 14.7. The number of likely N-dealkylation sites (tertiary alicyclic amines) is 1. The van der Waals surface area contributed by atoms with E-state index in [1.807, 2.05) is 62.4 Å². The number of Topliss-reactive ketones (excluding diaryl/α,β-unsaturated/α-hetero) is 1. The molecule has 1 atom stereocenters. The molecule has 2 aliphatic rings. The van der Waals surface area contributed by atoms with Gasteiger partial charge in [-0.1, -0.05) is 61.7 Å². The molecule has 1 saturated carbocycles. The van der Waals surface area contributed by atoms with Crippen molar-refractivity contribution in [3.63, 3.8) is 0 Å². The van der Waals surface area contributed by atoms with Crippen LogP contribution in [-0.4, -0.2) is 27.7 Å². The molecule has 1 unspecified atom stereocenters. The quantitative estimate of drug-likeness (QED) is 0.454. The molecule has 2 aromatic rings. The van der Waals surface area contributed by atoms with Gasteiger partial charge in [-0.2, -0.15) is 0 Å². The molecule has 4 nitrogen and oxygen atoms in total. The van der Waals surface area contributed by atoms with Crippen LogP contribution in [0.15, 0.2) is 54.1 Å². The molecule has 150 valence electrons. The first-order chi connectivity index (χ1) is 14.0. The molecular formula is C25H27NO3. The number of nitrogens with zero attached hydrogens (tertiary/aromatic N) is 1. The Morgan fingerprint density at radius 2 is 1.62 bits per heavy atom. The highest BCUT2D eigenvalue weighted by molar-refractivity contribution is 6.46. The van der Waals surface area contributed by atoms with Crippen LogP contribution >= 0.6 is 0 Å². The Morgan fingerprint density at radius 3 is 2.28 bits per heavy atom. The van der Waals surface area contributed by atoms with Crippen molar-refractivity contribution in [2.24, 2.45) is 0 Å². The summed E-state index contributed by atoms with van der Waals surface area (Å²) >= 11 is 0. The van der Waals surface area contributed by atoms with Crippen LogP contribution in [0.2, 0.25) is 0 Å². The first-order valence-electron chi connectivity index (χ1n) is 10.4. The highest BCUT2D eigenvalue weighted by atomic mass is 16.3. The van der Waals surface area contributed by atoms with Gasteiger partial charge in [-0.15, -0.1) is 0 Å². The van der Waals surface area contributed by atoms with Crippen molar-refractivity contribution in [3.05, 3.63) is 76.4 Å².